The van der Waals surface area contributed by atoms with Crippen molar-refractivity contribution in [3.05, 3.63) is 24.8 Å². The van der Waals surface area contributed by atoms with Gasteiger partial charge in [-0.2, -0.15) is 0 Å². The Balaban J connectivity index is 2.12. The standard InChI is InChI=1S/C14H24Br2N4/c1-4-5-6-13(19-9-7-17(2)11-19)14(15,16)20-10-8-18(3)12-20/h7-10,13H,4-6,11-12H2,1-3H3. The zero-order chi connectivity index (χ0) is 14.8. The second-order valence-corrected chi connectivity index (χ2v) is 9.11. The monoisotopic (exact) mass is 406 g/mol. The van der Waals surface area contributed by atoms with Crippen molar-refractivity contribution in [3.63, 3.8) is 0 Å². The number of alkyl halides is 2. The van der Waals surface area contributed by atoms with Gasteiger partial charge < -0.3 is 19.6 Å². The predicted octanol–water partition coefficient (Wildman–Crippen LogP) is 3.34. The van der Waals surface area contributed by atoms with Crippen LogP contribution in [-0.2, 0) is 0 Å². The van der Waals surface area contributed by atoms with Gasteiger partial charge in [-0.15, -0.1) is 0 Å². The third-order valence-electron chi connectivity index (χ3n) is 3.79. The molecule has 114 valence electrons. The summed E-state index contributed by atoms with van der Waals surface area (Å²) in [6, 6.07) is 0.375. The minimum Gasteiger partial charge on any atom is -0.362 e. The van der Waals surface area contributed by atoms with E-state index in [0.717, 1.165) is 19.8 Å². The lowest BCUT2D eigenvalue weighted by Gasteiger charge is -2.43. The Morgan fingerprint density at radius 2 is 1.70 bits per heavy atom. The molecule has 2 heterocycles. The van der Waals surface area contributed by atoms with Crippen LogP contribution in [0.1, 0.15) is 26.2 Å². The van der Waals surface area contributed by atoms with E-state index in [1.807, 2.05) is 0 Å². The van der Waals surface area contributed by atoms with Gasteiger partial charge in [-0.25, -0.2) is 0 Å². The molecule has 2 rings (SSSR count). The van der Waals surface area contributed by atoms with Crippen molar-refractivity contribution in [1.82, 2.24) is 19.6 Å². The van der Waals surface area contributed by atoms with Crippen molar-refractivity contribution in [2.24, 2.45) is 0 Å². The Hall–Kier alpha value is -0.360. The summed E-state index contributed by atoms with van der Waals surface area (Å²) in [5, 5.41) is 0. The molecule has 4 nitrogen and oxygen atoms in total. The minimum absolute atomic E-state index is 0.244. The molecule has 0 aromatic rings. The molecule has 0 spiro atoms. The molecular formula is C14H24Br2N4. The number of hydrogen-bond donors (Lipinski definition) is 0. The van der Waals surface area contributed by atoms with E-state index in [4.69, 9.17) is 0 Å². The average molecular weight is 408 g/mol. The quantitative estimate of drug-likeness (QED) is 0.494. The molecule has 0 saturated heterocycles. The van der Waals surface area contributed by atoms with Gasteiger partial charge >= 0.3 is 0 Å². The average Bonchev–Trinajstić information content (AvgIpc) is 2.99. The van der Waals surface area contributed by atoms with E-state index in [0.29, 0.717) is 6.04 Å². The SMILES string of the molecule is CCCCC(N1C=CN(C)C1)C(Br)(Br)N1C=CN(C)C1. The maximum atomic E-state index is 3.93. The lowest BCUT2D eigenvalue weighted by Crippen LogP contribution is -2.52. The Morgan fingerprint density at radius 3 is 2.20 bits per heavy atom. The van der Waals surface area contributed by atoms with Crippen LogP contribution in [0.2, 0.25) is 0 Å². The van der Waals surface area contributed by atoms with E-state index in [1.54, 1.807) is 0 Å². The summed E-state index contributed by atoms with van der Waals surface area (Å²) in [5.74, 6) is 0. The molecule has 0 fully saturated rings. The van der Waals surface area contributed by atoms with Gasteiger partial charge in [0.15, 0.2) is 3.36 Å². The summed E-state index contributed by atoms with van der Waals surface area (Å²) in [6.45, 7) is 4.09. The molecule has 0 saturated carbocycles. The van der Waals surface area contributed by atoms with Crippen LogP contribution in [0.4, 0.5) is 0 Å². The summed E-state index contributed by atoms with van der Waals surface area (Å²) in [5.41, 5.74) is 0. The summed E-state index contributed by atoms with van der Waals surface area (Å²) in [7, 11) is 4.21. The highest BCUT2D eigenvalue weighted by molar-refractivity contribution is 9.25. The van der Waals surface area contributed by atoms with E-state index < -0.39 is 0 Å². The molecule has 6 heteroatoms. The fourth-order valence-electron chi connectivity index (χ4n) is 2.60. The molecule has 0 amide bonds. The highest BCUT2D eigenvalue weighted by Gasteiger charge is 2.42. The van der Waals surface area contributed by atoms with Crippen LogP contribution in [0.25, 0.3) is 0 Å². The van der Waals surface area contributed by atoms with Crippen molar-refractivity contribution >= 4 is 31.9 Å². The molecule has 0 aliphatic carbocycles. The lowest BCUT2D eigenvalue weighted by atomic mass is 10.1. The Labute approximate surface area is 139 Å². The van der Waals surface area contributed by atoms with Crippen LogP contribution in [0.5, 0.6) is 0 Å². The Morgan fingerprint density at radius 1 is 1.05 bits per heavy atom. The molecule has 1 atom stereocenters. The van der Waals surface area contributed by atoms with Gasteiger partial charge in [0.2, 0.25) is 0 Å². The molecule has 0 aromatic heterocycles. The smallest absolute Gasteiger partial charge is 0.173 e. The first kappa shape index (κ1) is 16.0. The molecular weight excluding hydrogens is 384 g/mol. The molecule has 2 aliphatic heterocycles. The van der Waals surface area contributed by atoms with Crippen LogP contribution in [0, 0.1) is 0 Å². The summed E-state index contributed by atoms with van der Waals surface area (Å²) in [4.78, 5) is 9.10. The van der Waals surface area contributed by atoms with Crippen LogP contribution < -0.4 is 0 Å². The third-order valence-corrected chi connectivity index (χ3v) is 5.76. The fourth-order valence-corrected chi connectivity index (χ4v) is 4.05. The molecule has 0 aromatic carbocycles. The minimum atomic E-state index is -0.244. The van der Waals surface area contributed by atoms with E-state index in [-0.39, 0.29) is 3.36 Å². The van der Waals surface area contributed by atoms with Crippen molar-refractivity contribution < 1.29 is 0 Å². The van der Waals surface area contributed by atoms with E-state index in [2.05, 4.69) is 97.3 Å². The molecule has 1 unspecified atom stereocenters. The van der Waals surface area contributed by atoms with Gasteiger partial charge in [0.1, 0.15) is 0 Å². The largest absolute Gasteiger partial charge is 0.362 e. The molecule has 0 bridgehead atoms. The number of halogens is 2. The molecule has 20 heavy (non-hydrogen) atoms. The predicted molar refractivity (Wildman–Crippen MR) is 91.1 cm³/mol. The van der Waals surface area contributed by atoms with Crippen LogP contribution in [-0.4, -0.2) is 56.4 Å². The fraction of sp³-hybridized carbons (Fsp3) is 0.714. The Kier molecular flexibility index (Phi) is 5.29. The summed E-state index contributed by atoms with van der Waals surface area (Å²) < 4.78 is -0.244. The first-order valence-corrected chi connectivity index (χ1v) is 8.71. The van der Waals surface area contributed by atoms with Gasteiger partial charge in [-0.3, -0.25) is 0 Å². The molecule has 0 N–H and O–H groups in total. The van der Waals surface area contributed by atoms with Gasteiger partial charge in [-0.1, -0.05) is 19.8 Å². The van der Waals surface area contributed by atoms with Gasteiger partial charge in [0.25, 0.3) is 0 Å². The van der Waals surface area contributed by atoms with Gasteiger partial charge in [0.05, 0.1) is 19.4 Å². The number of rotatable bonds is 6. The highest BCUT2D eigenvalue weighted by atomic mass is 79.9. The summed E-state index contributed by atoms with van der Waals surface area (Å²) in [6.07, 6.45) is 12.2. The molecule has 2 aliphatic rings. The highest BCUT2D eigenvalue weighted by Crippen LogP contribution is 2.41. The summed E-state index contributed by atoms with van der Waals surface area (Å²) >= 11 is 7.87. The Bertz CT molecular complexity index is 383. The van der Waals surface area contributed by atoms with Crippen molar-refractivity contribution in [1.29, 1.82) is 0 Å². The van der Waals surface area contributed by atoms with Crippen molar-refractivity contribution in [3.8, 4) is 0 Å². The van der Waals surface area contributed by atoms with Crippen LogP contribution in [0.3, 0.4) is 0 Å². The van der Waals surface area contributed by atoms with Gasteiger partial charge in [0, 0.05) is 38.9 Å². The molecule has 0 radical (unpaired) electrons. The van der Waals surface area contributed by atoms with Crippen molar-refractivity contribution in [2.45, 2.75) is 35.6 Å². The van der Waals surface area contributed by atoms with Crippen LogP contribution in [0.15, 0.2) is 24.8 Å². The first-order valence-electron chi connectivity index (χ1n) is 7.12. The maximum absolute atomic E-state index is 3.93. The first-order chi connectivity index (χ1) is 9.45. The van der Waals surface area contributed by atoms with Gasteiger partial charge in [-0.05, 0) is 38.3 Å². The second kappa shape index (κ2) is 6.60. The van der Waals surface area contributed by atoms with E-state index in [1.165, 1.54) is 12.8 Å². The van der Waals surface area contributed by atoms with Crippen LogP contribution >= 0.6 is 31.9 Å². The number of unbranched alkanes of at least 4 members (excludes halogenated alkanes) is 1. The zero-order valence-electron chi connectivity index (χ0n) is 12.5. The zero-order valence-corrected chi connectivity index (χ0v) is 15.6. The van der Waals surface area contributed by atoms with Crippen molar-refractivity contribution in [2.75, 3.05) is 27.4 Å². The number of hydrogen-bond acceptors (Lipinski definition) is 4. The topological polar surface area (TPSA) is 13.0 Å². The maximum Gasteiger partial charge on any atom is 0.173 e. The number of nitrogens with zero attached hydrogens (tertiary/aromatic N) is 4. The normalized spacial score (nSPS) is 20.4. The lowest BCUT2D eigenvalue weighted by molar-refractivity contribution is 0.143. The second-order valence-electron chi connectivity index (χ2n) is 5.62. The third kappa shape index (κ3) is 3.45. The van der Waals surface area contributed by atoms with E-state index >= 15 is 0 Å². The van der Waals surface area contributed by atoms with E-state index in [9.17, 15) is 0 Å².